The normalized spacial score (nSPS) is 20.8. The zero-order chi connectivity index (χ0) is 19.1. The number of carbonyl (C=O) groups is 1. The third kappa shape index (κ3) is 3.37. The maximum absolute atomic E-state index is 12.9. The molecule has 1 amide bonds. The molecule has 26 heavy (non-hydrogen) atoms. The van der Waals surface area contributed by atoms with E-state index in [-0.39, 0.29) is 30.3 Å². The molecule has 8 nitrogen and oxygen atoms in total. The zero-order valence-corrected chi connectivity index (χ0v) is 15.4. The molecule has 2 atom stereocenters. The Kier molecular flexibility index (Phi) is 4.87. The highest BCUT2D eigenvalue weighted by Crippen LogP contribution is 2.23. The Morgan fingerprint density at radius 2 is 1.92 bits per heavy atom. The van der Waals surface area contributed by atoms with Crippen molar-refractivity contribution in [3.8, 4) is 0 Å². The number of H-pyrrole nitrogens is 1. The molecule has 0 saturated carbocycles. The lowest BCUT2D eigenvalue weighted by atomic mass is 10.1. The Morgan fingerprint density at radius 3 is 2.58 bits per heavy atom. The SMILES string of the molecule is CN(C)S(=O)(=O)C[C@@H]1CN(C(=O)c2c[nH]c(=O)c3ccccc23)C[C@@H]1O. The Bertz CT molecular complexity index is 999. The Labute approximate surface area is 151 Å². The minimum Gasteiger partial charge on any atom is -0.391 e. The number of nitrogens with one attached hydrogen (secondary N) is 1. The third-order valence-corrected chi connectivity index (χ3v) is 6.68. The van der Waals surface area contributed by atoms with Gasteiger partial charge in [-0.25, -0.2) is 12.7 Å². The van der Waals surface area contributed by atoms with Crippen LogP contribution in [0, 0.1) is 5.92 Å². The Hall–Kier alpha value is -2.23. The van der Waals surface area contributed by atoms with Crippen molar-refractivity contribution in [2.45, 2.75) is 6.10 Å². The molecule has 0 spiro atoms. The number of likely N-dealkylation sites (tertiary alicyclic amines) is 1. The molecule has 0 aliphatic carbocycles. The molecule has 0 radical (unpaired) electrons. The van der Waals surface area contributed by atoms with Crippen molar-refractivity contribution in [3.05, 3.63) is 46.4 Å². The van der Waals surface area contributed by atoms with Crippen LogP contribution >= 0.6 is 0 Å². The van der Waals surface area contributed by atoms with E-state index >= 15 is 0 Å². The van der Waals surface area contributed by atoms with Crippen LogP contribution < -0.4 is 5.56 Å². The quantitative estimate of drug-likeness (QED) is 0.768. The molecule has 2 heterocycles. The number of benzene rings is 1. The van der Waals surface area contributed by atoms with Crippen molar-refractivity contribution in [1.29, 1.82) is 0 Å². The smallest absolute Gasteiger partial charge is 0.256 e. The number of aromatic nitrogens is 1. The van der Waals surface area contributed by atoms with Gasteiger partial charge in [0.2, 0.25) is 10.0 Å². The first-order valence-electron chi connectivity index (χ1n) is 8.18. The number of nitrogens with zero attached hydrogens (tertiary/aromatic N) is 2. The van der Waals surface area contributed by atoms with Crippen LogP contribution in [0.3, 0.4) is 0 Å². The van der Waals surface area contributed by atoms with Gasteiger partial charge in [-0.1, -0.05) is 18.2 Å². The summed E-state index contributed by atoms with van der Waals surface area (Å²) < 4.78 is 25.2. The summed E-state index contributed by atoms with van der Waals surface area (Å²) in [6.45, 7) is 0.195. The van der Waals surface area contributed by atoms with E-state index in [0.29, 0.717) is 16.3 Å². The highest BCUT2D eigenvalue weighted by molar-refractivity contribution is 7.89. The number of hydrogen-bond donors (Lipinski definition) is 2. The van der Waals surface area contributed by atoms with Crippen LogP contribution in [0.2, 0.25) is 0 Å². The number of fused-ring (bicyclic) bond motifs is 1. The number of carbonyl (C=O) groups excluding carboxylic acids is 1. The van der Waals surface area contributed by atoms with Gasteiger partial charge < -0.3 is 15.0 Å². The van der Waals surface area contributed by atoms with Crippen molar-refractivity contribution in [1.82, 2.24) is 14.2 Å². The van der Waals surface area contributed by atoms with Crippen molar-refractivity contribution in [2.24, 2.45) is 5.92 Å². The van der Waals surface area contributed by atoms with Gasteiger partial charge in [-0.2, -0.15) is 0 Å². The van der Waals surface area contributed by atoms with Crippen LogP contribution in [0.5, 0.6) is 0 Å². The maximum Gasteiger partial charge on any atom is 0.256 e. The number of rotatable bonds is 4. The fourth-order valence-electron chi connectivity index (χ4n) is 3.16. The summed E-state index contributed by atoms with van der Waals surface area (Å²) >= 11 is 0. The average molecular weight is 379 g/mol. The molecule has 9 heteroatoms. The molecule has 1 aromatic heterocycles. The molecule has 3 rings (SSSR count). The number of β-amino-alcohol motifs (C(OH)–C–C–N with tert-alkyl or cyclic N) is 1. The number of pyridine rings is 1. The van der Waals surface area contributed by atoms with E-state index in [1.165, 1.54) is 25.2 Å². The number of aliphatic hydroxyl groups is 1. The minimum absolute atomic E-state index is 0.0555. The number of sulfonamides is 1. The summed E-state index contributed by atoms with van der Waals surface area (Å²) in [6, 6.07) is 6.78. The monoisotopic (exact) mass is 379 g/mol. The number of aliphatic hydroxyl groups excluding tert-OH is 1. The molecule has 1 aliphatic rings. The number of amides is 1. The Balaban J connectivity index is 1.86. The molecule has 1 fully saturated rings. The van der Waals surface area contributed by atoms with Crippen molar-refractivity contribution < 1.29 is 18.3 Å². The largest absolute Gasteiger partial charge is 0.391 e. The van der Waals surface area contributed by atoms with E-state index in [9.17, 15) is 23.1 Å². The lowest BCUT2D eigenvalue weighted by Crippen LogP contribution is -2.33. The highest BCUT2D eigenvalue weighted by Gasteiger charge is 2.38. The summed E-state index contributed by atoms with van der Waals surface area (Å²) in [7, 11) is -0.608. The second-order valence-corrected chi connectivity index (χ2v) is 8.90. The lowest BCUT2D eigenvalue weighted by Gasteiger charge is -2.18. The predicted octanol–water partition coefficient (Wildman–Crippen LogP) is -0.148. The first-order chi connectivity index (χ1) is 12.2. The van der Waals surface area contributed by atoms with Gasteiger partial charge in [0.15, 0.2) is 0 Å². The molecule has 1 saturated heterocycles. The van der Waals surface area contributed by atoms with Crippen molar-refractivity contribution in [3.63, 3.8) is 0 Å². The minimum atomic E-state index is -3.48. The van der Waals surface area contributed by atoms with Gasteiger partial charge in [-0.05, 0) is 6.07 Å². The van der Waals surface area contributed by atoms with Gasteiger partial charge >= 0.3 is 0 Å². The maximum atomic E-state index is 12.9. The summed E-state index contributed by atoms with van der Waals surface area (Å²) in [5, 5.41) is 11.2. The first kappa shape index (κ1) is 18.6. The fourth-order valence-corrected chi connectivity index (χ4v) is 4.33. The molecule has 140 valence electrons. The third-order valence-electron chi connectivity index (χ3n) is 4.71. The van der Waals surface area contributed by atoms with Crippen molar-refractivity contribution >= 4 is 26.7 Å². The zero-order valence-electron chi connectivity index (χ0n) is 14.5. The van der Waals surface area contributed by atoms with Crippen LogP contribution in [-0.4, -0.2) is 72.7 Å². The van der Waals surface area contributed by atoms with Crippen LogP contribution in [-0.2, 0) is 10.0 Å². The van der Waals surface area contributed by atoms with Gasteiger partial charge in [0.1, 0.15) is 0 Å². The highest BCUT2D eigenvalue weighted by atomic mass is 32.2. The fraction of sp³-hybridized carbons (Fsp3) is 0.412. The molecular weight excluding hydrogens is 358 g/mol. The Morgan fingerprint density at radius 1 is 1.27 bits per heavy atom. The molecule has 0 unspecified atom stereocenters. The molecule has 1 aromatic carbocycles. The van der Waals surface area contributed by atoms with Crippen LogP contribution in [0.15, 0.2) is 35.3 Å². The van der Waals surface area contributed by atoms with E-state index < -0.39 is 22.0 Å². The van der Waals surface area contributed by atoms with Crippen molar-refractivity contribution in [2.75, 3.05) is 32.9 Å². The summed E-state index contributed by atoms with van der Waals surface area (Å²) in [4.78, 5) is 28.8. The second-order valence-electron chi connectivity index (χ2n) is 6.68. The molecule has 0 bridgehead atoms. The number of hydrogen-bond acceptors (Lipinski definition) is 5. The predicted molar refractivity (Wildman–Crippen MR) is 97.4 cm³/mol. The topological polar surface area (TPSA) is 111 Å². The van der Waals surface area contributed by atoms with Gasteiger partial charge in [0.25, 0.3) is 11.5 Å². The van der Waals surface area contributed by atoms with E-state index in [1.54, 1.807) is 24.3 Å². The van der Waals surface area contributed by atoms with E-state index in [2.05, 4.69) is 4.98 Å². The number of aromatic amines is 1. The average Bonchev–Trinajstić information content (AvgIpc) is 2.95. The molecule has 2 aromatic rings. The van der Waals surface area contributed by atoms with Gasteiger partial charge in [-0.3, -0.25) is 9.59 Å². The standard InChI is InChI=1S/C17H21N3O5S/c1-19(2)26(24,25)10-11-8-20(9-15(11)21)17(23)14-7-18-16(22)13-6-4-3-5-12(13)14/h3-7,11,15,21H,8-10H2,1-2H3,(H,18,22)/t11-,15-/m0/s1. The van der Waals surface area contributed by atoms with Gasteiger partial charge in [-0.15, -0.1) is 0 Å². The second kappa shape index (κ2) is 6.82. The summed E-state index contributed by atoms with van der Waals surface area (Å²) in [5.74, 6) is -1.13. The van der Waals surface area contributed by atoms with Gasteiger partial charge in [0.05, 0.1) is 17.4 Å². The molecule has 1 aliphatic heterocycles. The van der Waals surface area contributed by atoms with E-state index in [1.807, 2.05) is 0 Å². The molecule has 2 N–H and O–H groups in total. The van der Waals surface area contributed by atoms with E-state index in [0.717, 1.165) is 4.31 Å². The summed E-state index contributed by atoms with van der Waals surface area (Å²) in [5.41, 5.74) is 0.0390. The molecular formula is C17H21N3O5S. The van der Waals surface area contributed by atoms with E-state index in [4.69, 9.17) is 0 Å². The summed E-state index contributed by atoms with van der Waals surface area (Å²) in [6.07, 6.45) is 0.450. The van der Waals surface area contributed by atoms with Gasteiger partial charge in [0, 0.05) is 50.1 Å². The first-order valence-corrected chi connectivity index (χ1v) is 9.79. The lowest BCUT2D eigenvalue weighted by molar-refractivity contribution is 0.0766. The van der Waals surface area contributed by atoms with Crippen LogP contribution in [0.1, 0.15) is 10.4 Å². The van der Waals surface area contributed by atoms with Crippen LogP contribution in [0.4, 0.5) is 0 Å². The van der Waals surface area contributed by atoms with Crippen LogP contribution in [0.25, 0.3) is 10.8 Å².